The van der Waals surface area contributed by atoms with Gasteiger partial charge < -0.3 is 10.1 Å². The summed E-state index contributed by atoms with van der Waals surface area (Å²) in [4.78, 5) is 11.4. The predicted molar refractivity (Wildman–Crippen MR) is 72.1 cm³/mol. The van der Waals surface area contributed by atoms with Gasteiger partial charge in [-0.15, -0.1) is 0 Å². The topological polar surface area (TPSA) is 38.3 Å². The molecule has 0 saturated heterocycles. The molecule has 0 heterocycles. The fourth-order valence-corrected chi connectivity index (χ4v) is 1.86. The molecule has 0 aromatic rings. The molecule has 0 spiro atoms. The van der Waals surface area contributed by atoms with E-state index in [0.29, 0.717) is 19.1 Å². The number of hydrogen-bond acceptors (Lipinski definition) is 3. The van der Waals surface area contributed by atoms with Crippen LogP contribution in [0.5, 0.6) is 0 Å². The van der Waals surface area contributed by atoms with Crippen LogP contribution in [0.15, 0.2) is 0 Å². The first-order chi connectivity index (χ1) is 8.24. The molecule has 102 valence electrons. The van der Waals surface area contributed by atoms with Gasteiger partial charge >= 0.3 is 5.97 Å². The SMILES string of the molecule is CCCCCCC(CC(=O)OCC)NCCC. The third-order valence-corrected chi connectivity index (χ3v) is 2.81. The number of nitrogens with one attached hydrogen (secondary N) is 1. The molecule has 0 aliphatic carbocycles. The van der Waals surface area contributed by atoms with Crippen molar-refractivity contribution in [3.8, 4) is 0 Å². The molecule has 0 aliphatic heterocycles. The molecule has 3 nitrogen and oxygen atoms in total. The second kappa shape index (κ2) is 11.9. The average Bonchev–Trinajstić information content (AvgIpc) is 2.31. The van der Waals surface area contributed by atoms with E-state index in [1.807, 2.05) is 6.92 Å². The molecular formula is C14H29NO2. The number of carbonyl (C=O) groups is 1. The second-order valence-electron chi connectivity index (χ2n) is 4.51. The van der Waals surface area contributed by atoms with Crippen molar-refractivity contribution < 1.29 is 9.53 Å². The van der Waals surface area contributed by atoms with Crippen molar-refractivity contribution in [2.75, 3.05) is 13.2 Å². The van der Waals surface area contributed by atoms with Gasteiger partial charge in [0.15, 0.2) is 0 Å². The molecule has 0 amide bonds. The van der Waals surface area contributed by atoms with Crippen molar-refractivity contribution in [2.45, 2.75) is 71.8 Å². The van der Waals surface area contributed by atoms with E-state index in [4.69, 9.17) is 4.74 Å². The standard InChI is InChI=1S/C14H29NO2/c1-4-7-8-9-10-13(15-11-5-2)12-14(16)17-6-3/h13,15H,4-12H2,1-3H3. The van der Waals surface area contributed by atoms with Gasteiger partial charge in [0, 0.05) is 6.04 Å². The summed E-state index contributed by atoms with van der Waals surface area (Å²) in [5, 5.41) is 3.43. The van der Waals surface area contributed by atoms with Crippen molar-refractivity contribution in [3.05, 3.63) is 0 Å². The van der Waals surface area contributed by atoms with Crippen LogP contribution in [0.4, 0.5) is 0 Å². The molecule has 3 heteroatoms. The van der Waals surface area contributed by atoms with Gasteiger partial charge in [0.2, 0.25) is 0 Å². The van der Waals surface area contributed by atoms with E-state index >= 15 is 0 Å². The Balaban J connectivity index is 3.82. The monoisotopic (exact) mass is 243 g/mol. The van der Waals surface area contributed by atoms with Gasteiger partial charge in [0.05, 0.1) is 13.0 Å². The lowest BCUT2D eigenvalue weighted by atomic mass is 10.0. The Hall–Kier alpha value is -0.570. The van der Waals surface area contributed by atoms with Gasteiger partial charge in [0.25, 0.3) is 0 Å². The molecule has 0 aromatic heterocycles. The van der Waals surface area contributed by atoms with E-state index < -0.39 is 0 Å². The zero-order valence-corrected chi connectivity index (χ0v) is 11.8. The number of hydrogen-bond donors (Lipinski definition) is 1. The fraction of sp³-hybridized carbons (Fsp3) is 0.929. The first kappa shape index (κ1) is 16.4. The van der Waals surface area contributed by atoms with Gasteiger partial charge in [-0.05, 0) is 26.3 Å². The maximum atomic E-state index is 11.4. The highest BCUT2D eigenvalue weighted by Crippen LogP contribution is 2.09. The van der Waals surface area contributed by atoms with Crippen molar-refractivity contribution in [2.24, 2.45) is 0 Å². The summed E-state index contributed by atoms with van der Waals surface area (Å²) >= 11 is 0. The zero-order valence-electron chi connectivity index (χ0n) is 11.8. The van der Waals surface area contributed by atoms with E-state index in [-0.39, 0.29) is 5.97 Å². The lowest BCUT2D eigenvalue weighted by Gasteiger charge is -2.17. The normalized spacial score (nSPS) is 12.4. The molecule has 1 atom stereocenters. The zero-order chi connectivity index (χ0) is 12.9. The average molecular weight is 243 g/mol. The maximum Gasteiger partial charge on any atom is 0.307 e. The quantitative estimate of drug-likeness (QED) is 0.447. The predicted octanol–water partition coefficient (Wildman–Crippen LogP) is 3.28. The van der Waals surface area contributed by atoms with Gasteiger partial charge in [0.1, 0.15) is 0 Å². The highest BCUT2D eigenvalue weighted by Gasteiger charge is 2.13. The van der Waals surface area contributed by atoms with E-state index in [9.17, 15) is 4.79 Å². The minimum atomic E-state index is -0.0726. The summed E-state index contributed by atoms with van der Waals surface area (Å²) in [6.07, 6.45) is 7.72. The van der Waals surface area contributed by atoms with Crippen LogP contribution in [0.1, 0.15) is 65.7 Å². The minimum Gasteiger partial charge on any atom is -0.466 e. The Kier molecular flexibility index (Phi) is 11.5. The Bertz CT molecular complexity index is 183. The molecule has 0 radical (unpaired) electrons. The lowest BCUT2D eigenvalue weighted by molar-refractivity contribution is -0.143. The fourth-order valence-electron chi connectivity index (χ4n) is 1.86. The maximum absolute atomic E-state index is 11.4. The summed E-state index contributed by atoms with van der Waals surface area (Å²) < 4.78 is 5.00. The van der Waals surface area contributed by atoms with E-state index in [1.165, 1.54) is 25.7 Å². The minimum absolute atomic E-state index is 0.0726. The molecule has 0 aliphatic rings. The molecule has 1 unspecified atom stereocenters. The summed E-state index contributed by atoms with van der Waals surface area (Å²) in [5.41, 5.74) is 0. The first-order valence-corrected chi connectivity index (χ1v) is 7.13. The Morgan fingerprint density at radius 3 is 2.47 bits per heavy atom. The first-order valence-electron chi connectivity index (χ1n) is 7.13. The molecule has 0 aromatic carbocycles. The van der Waals surface area contributed by atoms with E-state index in [2.05, 4.69) is 19.2 Å². The van der Waals surface area contributed by atoms with Crippen molar-refractivity contribution in [1.29, 1.82) is 0 Å². The Morgan fingerprint density at radius 1 is 1.12 bits per heavy atom. The van der Waals surface area contributed by atoms with Crippen molar-refractivity contribution in [3.63, 3.8) is 0 Å². The van der Waals surface area contributed by atoms with Crippen LogP contribution in [0.25, 0.3) is 0 Å². The highest BCUT2D eigenvalue weighted by molar-refractivity contribution is 5.70. The van der Waals surface area contributed by atoms with Crippen LogP contribution in [0.2, 0.25) is 0 Å². The summed E-state index contributed by atoms with van der Waals surface area (Å²) in [5.74, 6) is -0.0726. The molecular weight excluding hydrogens is 214 g/mol. The van der Waals surface area contributed by atoms with Gasteiger partial charge in [-0.1, -0.05) is 39.5 Å². The summed E-state index contributed by atoms with van der Waals surface area (Å²) in [7, 11) is 0. The van der Waals surface area contributed by atoms with Crippen LogP contribution in [-0.4, -0.2) is 25.2 Å². The molecule has 17 heavy (non-hydrogen) atoms. The number of ether oxygens (including phenoxy) is 1. The third-order valence-electron chi connectivity index (χ3n) is 2.81. The molecule has 0 saturated carbocycles. The smallest absolute Gasteiger partial charge is 0.307 e. The van der Waals surface area contributed by atoms with Crippen molar-refractivity contribution >= 4 is 5.97 Å². The number of esters is 1. The largest absolute Gasteiger partial charge is 0.466 e. The molecule has 0 rings (SSSR count). The Labute approximate surface area is 106 Å². The number of unbranched alkanes of at least 4 members (excludes halogenated alkanes) is 3. The highest BCUT2D eigenvalue weighted by atomic mass is 16.5. The van der Waals surface area contributed by atoms with Crippen LogP contribution in [0, 0.1) is 0 Å². The summed E-state index contributed by atoms with van der Waals surface area (Å²) in [6.45, 7) is 7.68. The second-order valence-corrected chi connectivity index (χ2v) is 4.51. The van der Waals surface area contributed by atoms with Gasteiger partial charge in [-0.3, -0.25) is 4.79 Å². The van der Waals surface area contributed by atoms with E-state index in [1.54, 1.807) is 0 Å². The van der Waals surface area contributed by atoms with Crippen LogP contribution >= 0.6 is 0 Å². The number of carbonyl (C=O) groups excluding carboxylic acids is 1. The van der Waals surface area contributed by atoms with Gasteiger partial charge in [-0.2, -0.15) is 0 Å². The molecule has 0 fully saturated rings. The molecule has 1 N–H and O–H groups in total. The van der Waals surface area contributed by atoms with E-state index in [0.717, 1.165) is 19.4 Å². The van der Waals surface area contributed by atoms with Crippen LogP contribution in [0.3, 0.4) is 0 Å². The van der Waals surface area contributed by atoms with Crippen LogP contribution in [-0.2, 0) is 9.53 Å². The van der Waals surface area contributed by atoms with Gasteiger partial charge in [-0.25, -0.2) is 0 Å². The van der Waals surface area contributed by atoms with Crippen molar-refractivity contribution in [1.82, 2.24) is 5.32 Å². The molecule has 0 bridgehead atoms. The third kappa shape index (κ3) is 10.3. The number of rotatable bonds is 11. The lowest BCUT2D eigenvalue weighted by Crippen LogP contribution is -2.32. The summed E-state index contributed by atoms with van der Waals surface area (Å²) in [6, 6.07) is 0.297. The Morgan fingerprint density at radius 2 is 1.88 bits per heavy atom. The van der Waals surface area contributed by atoms with Crippen LogP contribution < -0.4 is 5.32 Å².